The summed E-state index contributed by atoms with van der Waals surface area (Å²) in [6.45, 7) is 3.20. The second-order valence-corrected chi connectivity index (χ2v) is 7.43. The minimum atomic E-state index is -0.185. The average Bonchev–Trinajstić information content (AvgIpc) is 2.86. The molecule has 98 valence electrons. The fourth-order valence-corrected chi connectivity index (χ4v) is 5.25. The fraction of sp³-hybridized carbons (Fsp3) is 0.500. The van der Waals surface area contributed by atoms with Gasteiger partial charge >= 0.3 is 119 Å². The van der Waals surface area contributed by atoms with Crippen LogP contribution in [-0.4, -0.2) is 51.1 Å². The molecule has 0 spiro atoms. The summed E-state index contributed by atoms with van der Waals surface area (Å²) in [5.74, 6) is 0. The molecule has 0 radical (unpaired) electrons. The second-order valence-electron chi connectivity index (χ2n) is 4.31. The molecular formula is C14H19NO2Te. The molecule has 3 nitrogen and oxygen atoms in total. The van der Waals surface area contributed by atoms with Crippen LogP contribution < -0.4 is 3.61 Å². The number of carbonyl (C=O) groups is 1. The van der Waals surface area contributed by atoms with Gasteiger partial charge in [0.05, 0.1) is 0 Å². The summed E-state index contributed by atoms with van der Waals surface area (Å²) in [5, 5.41) is 0. The van der Waals surface area contributed by atoms with Crippen molar-refractivity contribution in [3.8, 4) is 0 Å². The number of ether oxygens (including phenoxy) is 1. The Labute approximate surface area is 119 Å². The molecule has 0 saturated carbocycles. The van der Waals surface area contributed by atoms with Crippen LogP contribution in [0.5, 0.6) is 0 Å². The molecule has 1 amide bonds. The van der Waals surface area contributed by atoms with Crippen molar-refractivity contribution in [2.24, 2.45) is 0 Å². The molecule has 0 aliphatic carbocycles. The van der Waals surface area contributed by atoms with Gasteiger partial charge < -0.3 is 0 Å². The van der Waals surface area contributed by atoms with Crippen molar-refractivity contribution in [1.82, 2.24) is 4.90 Å². The van der Waals surface area contributed by atoms with Crippen molar-refractivity contribution in [1.29, 1.82) is 0 Å². The van der Waals surface area contributed by atoms with E-state index in [9.17, 15) is 4.79 Å². The number of carbonyl (C=O) groups excluding carboxylic acids is 1. The molecule has 1 aliphatic heterocycles. The predicted molar refractivity (Wildman–Crippen MR) is 73.4 cm³/mol. The average molecular weight is 361 g/mol. The van der Waals surface area contributed by atoms with E-state index in [2.05, 4.69) is 30.3 Å². The van der Waals surface area contributed by atoms with Gasteiger partial charge in [-0.05, 0) is 0 Å². The first-order valence-corrected chi connectivity index (χ1v) is 9.24. The van der Waals surface area contributed by atoms with E-state index in [0.29, 0.717) is 12.6 Å². The standard InChI is InChI=1S/C14H19NO2Te/c1-2-17-14(16)15-10-6-7-12(15)11-18-13-8-4-3-5-9-13/h3-5,8-9,12H,2,6-7,10-11H2,1H3. The van der Waals surface area contributed by atoms with Gasteiger partial charge in [-0.1, -0.05) is 0 Å². The number of likely N-dealkylation sites (tertiary alicyclic amines) is 1. The molecule has 18 heavy (non-hydrogen) atoms. The maximum absolute atomic E-state index is 11.8. The SMILES string of the molecule is CCOC(=O)N1CCCC1C[Te]c1ccccc1. The van der Waals surface area contributed by atoms with Gasteiger partial charge in [-0.3, -0.25) is 0 Å². The summed E-state index contributed by atoms with van der Waals surface area (Å²) in [4.78, 5) is 13.7. The Morgan fingerprint density at radius 3 is 2.94 bits per heavy atom. The Bertz CT molecular complexity index is 383. The number of rotatable bonds is 4. The molecule has 2 rings (SSSR count). The molecular weight excluding hydrogens is 342 g/mol. The first-order valence-electron chi connectivity index (χ1n) is 6.42. The van der Waals surface area contributed by atoms with Crippen molar-refractivity contribution in [2.75, 3.05) is 13.2 Å². The molecule has 4 heteroatoms. The first kappa shape index (κ1) is 13.7. The molecule has 0 aromatic heterocycles. The number of hydrogen-bond donors (Lipinski definition) is 0. The predicted octanol–water partition coefficient (Wildman–Crippen LogP) is 2.06. The molecule has 1 fully saturated rings. The summed E-state index contributed by atoms with van der Waals surface area (Å²) in [6, 6.07) is 11.1. The quantitative estimate of drug-likeness (QED) is 0.769. The summed E-state index contributed by atoms with van der Waals surface area (Å²) < 4.78 is 7.74. The summed E-state index contributed by atoms with van der Waals surface area (Å²) in [7, 11) is 0. The zero-order valence-electron chi connectivity index (χ0n) is 10.7. The molecule has 1 aromatic rings. The van der Waals surface area contributed by atoms with Crippen molar-refractivity contribution in [2.45, 2.75) is 30.3 Å². The Morgan fingerprint density at radius 2 is 2.22 bits per heavy atom. The van der Waals surface area contributed by atoms with Crippen LogP contribution in [0.4, 0.5) is 4.79 Å². The monoisotopic (exact) mass is 363 g/mol. The van der Waals surface area contributed by atoms with E-state index in [1.165, 1.54) is 3.61 Å². The van der Waals surface area contributed by atoms with Crippen LogP contribution in [0.2, 0.25) is 4.47 Å². The summed E-state index contributed by atoms with van der Waals surface area (Å²) >= 11 is -0.185. The van der Waals surface area contributed by atoms with Crippen LogP contribution in [-0.2, 0) is 4.74 Å². The van der Waals surface area contributed by atoms with E-state index in [1.54, 1.807) is 0 Å². The van der Waals surface area contributed by atoms with Gasteiger partial charge in [0.1, 0.15) is 0 Å². The van der Waals surface area contributed by atoms with E-state index in [0.717, 1.165) is 23.9 Å². The first-order chi connectivity index (χ1) is 8.81. The fourth-order valence-electron chi connectivity index (χ4n) is 2.16. The minimum absolute atomic E-state index is 0.125. The third-order valence-corrected chi connectivity index (χ3v) is 6.37. The van der Waals surface area contributed by atoms with Crippen LogP contribution in [0.25, 0.3) is 0 Å². The molecule has 0 bridgehead atoms. The molecule has 0 N–H and O–H groups in total. The second kappa shape index (κ2) is 7.01. The van der Waals surface area contributed by atoms with Crippen LogP contribution in [0, 0.1) is 0 Å². The Morgan fingerprint density at radius 1 is 1.44 bits per heavy atom. The number of amides is 1. The third kappa shape index (κ3) is 3.63. The Balaban J connectivity index is 1.86. The molecule has 1 aliphatic rings. The van der Waals surface area contributed by atoms with Crippen molar-refractivity contribution < 1.29 is 9.53 Å². The van der Waals surface area contributed by atoms with Gasteiger partial charge in [-0.2, -0.15) is 0 Å². The van der Waals surface area contributed by atoms with Gasteiger partial charge in [-0.15, -0.1) is 0 Å². The molecule has 1 saturated heterocycles. The number of nitrogens with zero attached hydrogens (tertiary/aromatic N) is 1. The van der Waals surface area contributed by atoms with Gasteiger partial charge in [0, 0.05) is 0 Å². The van der Waals surface area contributed by atoms with E-state index in [-0.39, 0.29) is 27.0 Å². The summed E-state index contributed by atoms with van der Waals surface area (Å²) in [6.07, 6.45) is 2.13. The van der Waals surface area contributed by atoms with E-state index in [1.807, 2.05) is 11.8 Å². The van der Waals surface area contributed by atoms with E-state index < -0.39 is 0 Å². The van der Waals surface area contributed by atoms with Crippen LogP contribution >= 0.6 is 0 Å². The Hall–Kier alpha value is -0.720. The van der Waals surface area contributed by atoms with Crippen LogP contribution in [0.1, 0.15) is 19.8 Å². The van der Waals surface area contributed by atoms with Gasteiger partial charge in [0.25, 0.3) is 0 Å². The zero-order valence-corrected chi connectivity index (χ0v) is 13.0. The van der Waals surface area contributed by atoms with E-state index in [4.69, 9.17) is 4.74 Å². The maximum atomic E-state index is 11.8. The van der Waals surface area contributed by atoms with Crippen LogP contribution in [0.3, 0.4) is 0 Å². The van der Waals surface area contributed by atoms with Crippen molar-refractivity contribution in [3.05, 3.63) is 30.3 Å². The third-order valence-electron chi connectivity index (χ3n) is 3.07. The number of benzene rings is 1. The van der Waals surface area contributed by atoms with Crippen LogP contribution in [0.15, 0.2) is 30.3 Å². The number of hydrogen-bond acceptors (Lipinski definition) is 2. The molecule has 1 aromatic carbocycles. The molecule has 1 atom stereocenters. The topological polar surface area (TPSA) is 29.5 Å². The van der Waals surface area contributed by atoms with E-state index >= 15 is 0 Å². The molecule has 1 unspecified atom stereocenters. The Kier molecular flexibility index (Phi) is 5.34. The van der Waals surface area contributed by atoms with Crippen molar-refractivity contribution in [3.63, 3.8) is 0 Å². The van der Waals surface area contributed by atoms with Gasteiger partial charge in [-0.25, -0.2) is 0 Å². The van der Waals surface area contributed by atoms with Crippen molar-refractivity contribution >= 4 is 30.6 Å². The summed E-state index contributed by atoms with van der Waals surface area (Å²) in [5.41, 5.74) is 0. The van der Waals surface area contributed by atoms with Gasteiger partial charge in [0.2, 0.25) is 0 Å². The zero-order chi connectivity index (χ0) is 12.8. The van der Waals surface area contributed by atoms with Gasteiger partial charge in [0.15, 0.2) is 0 Å². The molecule has 1 heterocycles. The normalized spacial score (nSPS) is 18.9.